The second-order valence-electron chi connectivity index (χ2n) is 2.36. The van der Waals surface area contributed by atoms with Gasteiger partial charge < -0.3 is 5.32 Å². The van der Waals surface area contributed by atoms with E-state index in [1.54, 1.807) is 6.20 Å². The van der Waals surface area contributed by atoms with Crippen molar-refractivity contribution in [1.29, 1.82) is 0 Å². The van der Waals surface area contributed by atoms with E-state index in [9.17, 15) is 0 Å². The Morgan fingerprint density at radius 1 is 1.60 bits per heavy atom. The summed E-state index contributed by atoms with van der Waals surface area (Å²) < 4.78 is 0. The van der Waals surface area contributed by atoms with E-state index < -0.39 is 0 Å². The number of hydrogen-bond acceptors (Lipinski definition) is 3. The third kappa shape index (κ3) is 2.01. The van der Waals surface area contributed by atoms with Gasteiger partial charge in [0, 0.05) is 6.04 Å². The summed E-state index contributed by atoms with van der Waals surface area (Å²) in [4.78, 5) is 0. The quantitative estimate of drug-likeness (QED) is 0.661. The molecular weight excluding hydrogens is 126 g/mol. The summed E-state index contributed by atoms with van der Waals surface area (Å²) in [6, 6.07) is 2.26. The van der Waals surface area contributed by atoms with E-state index >= 15 is 0 Å². The molecule has 0 saturated heterocycles. The van der Waals surface area contributed by atoms with Gasteiger partial charge >= 0.3 is 0 Å². The summed E-state index contributed by atoms with van der Waals surface area (Å²) in [5.41, 5.74) is 0.894. The van der Waals surface area contributed by atoms with Gasteiger partial charge in [-0.15, -0.1) is 5.10 Å². The summed E-state index contributed by atoms with van der Waals surface area (Å²) in [5, 5.41) is 10.4. The fourth-order valence-electron chi connectivity index (χ4n) is 0.653. The number of anilines is 1. The number of nitrogens with one attached hydrogen (secondary N) is 1. The minimum absolute atomic E-state index is 0.417. The van der Waals surface area contributed by atoms with Crippen molar-refractivity contribution in [2.75, 3.05) is 5.32 Å². The fraction of sp³-hybridized carbons (Fsp3) is 0.429. The molecule has 0 spiro atoms. The fourth-order valence-corrected chi connectivity index (χ4v) is 0.653. The molecule has 1 radical (unpaired) electrons. The third-order valence-electron chi connectivity index (χ3n) is 0.980. The molecule has 0 saturated carbocycles. The Kier molecular flexibility index (Phi) is 2.20. The van der Waals surface area contributed by atoms with Gasteiger partial charge in [-0.1, -0.05) is 0 Å². The molecule has 0 amide bonds. The molecule has 1 heterocycles. The first-order valence-electron chi connectivity index (χ1n) is 3.25. The van der Waals surface area contributed by atoms with Gasteiger partial charge in [0.05, 0.1) is 11.9 Å². The molecule has 0 bridgehead atoms. The highest BCUT2D eigenvalue weighted by atomic mass is 15.1. The standard InChI is InChI=1S/C7H10N3/c1-6(2)10-7-3-4-8-9-5-7/h3-4,6H,1-2H3,(H,8,10). The maximum Gasteiger partial charge on any atom is 0.138 e. The van der Waals surface area contributed by atoms with Crippen LogP contribution >= 0.6 is 0 Å². The van der Waals surface area contributed by atoms with Gasteiger partial charge in [-0.25, -0.2) is 0 Å². The molecule has 0 aliphatic rings. The first kappa shape index (κ1) is 6.99. The Labute approximate surface area is 60.5 Å². The van der Waals surface area contributed by atoms with Crippen molar-refractivity contribution in [3.63, 3.8) is 0 Å². The maximum absolute atomic E-state index is 3.61. The molecule has 0 fully saturated rings. The third-order valence-corrected chi connectivity index (χ3v) is 0.980. The second-order valence-corrected chi connectivity index (χ2v) is 2.36. The lowest BCUT2D eigenvalue weighted by atomic mass is 10.3. The smallest absolute Gasteiger partial charge is 0.138 e. The molecule has 0 unspecified atom stereocenters. The lowest BCUT2D eigenvalue weighted by Gasteiger charge is -2.06. The van der Waals surface area contributed by atoms with Gasteiger partial charge in [0.1, 0.15) is 6.20 Å². The average molecular weight is 136 g/mol. The highest BCUT2D eigenvalue weighted by Crippen LogP contribution is 2.01. The molecule has 0 atom stereocenters. The topological polar surface area (TPSA) is 37.8 Å². The van der Waals surface area contributed by atoms with Gasteiger partial charge in [0.2, 0.25) is 0 Å². The molecule has 0 aromatic carbocycles. The molecule has 1 rings (SSSR count). The molecular formula is C7H10N3. The zero-order chi connectivity index (χ0) is 7.40. The monoisotopic (exact) mass is 136 g/mol. The number of hydrogen-bond donors (Lipinski definition) is 1. The predicted octanol–water partition coefficient (Wildman–Crippen LogP) is 1.10. The SMILES string of the molecule is CC(C)Nc1[c]nncc1. The van der Waals surface area contributed by atoms with Crippen LogP contribution in [0.5, 0.6) is 0 Å². The molecule has 0 aliphatic heterocycles. The van der Waals surface area contributed by atoms with Crippen molar-refractivity contribution in [2.45, 2.75) is 19.9 Å². The van der Waals surface area contributed by atoms with E-state index in [0.717, 1.165) is 5.69 Å². The molecule has 3 nitrogen and oxygen atoms in total. The zero-order valence-corrected chi connectivity index (χ0v) is 6.13. The zero-order valence-electron chi connectivity index (χ0n) is 6.13. The summed E-state index contributed by atoms with van der Waals surface area (Å²) in [5.74, 6) is 0. The van der Waals surface area contributed by atoms with Crippen LogP contribution in [-0.2, 0) is 0 Å². The summed E-state index contributed by atoms with van der Waals surface area (Å²) in [6.07, 6.45) is 4.37. The van der Waals surface area contributed by atoms with E-state index in [2.05, 4.69) is 35.6 Å². The van der Waals surface area contributed by atoms with Gasteiger partial charge in [0.15, 0.2) is 0 Å². The van der Waals surface area contributed by atoms with Crippen molar-refractivity contribution in [2.24, 2.45) is 0 Å². The minimum Gasteiger partial charge on any atom is -0.381 e. The first-order chi connectivity index (χ1) is 4.79. The van der Waals surface area contributed by atoms with E-state index in [-0.39, 0.29) is 0 Å². The number of rotatable bonds is 2. The highest BCUT2D eigenvalue weighted by Gasteiger charge is 1.92. The lowest BCUT2D eigenvalue weighted by Crippen LogP contribution is -2.09. The van der Waals surface area contributed by atoms with Crippen LogP contribution in [0.15, 0.2) is 12.3 Å². The van der Waals surface area contributed by atoms with Crippen molar-refractivity contribution in [3.05, 3.63) is 18.5 Å². The van der Waals surface area contributed by atoms with Gasteiger partial charge in [-0.3, -0.25) is 0 Å². The van der Waals surface area contributed by atoms with Crippen molar-refractivity contribution in [3.8, 4) is 0 Å². The van der Waals surface area contributed by atoms with Crippen LogP contribution in [0, 0.1) is 6.20 Å². The molecule has 0 aliphatic carbocycles. The molecule has 10 heavy (non-hydrogen) atoms. The molecule has 3 heteroatoms. The molecule has 1 aromatic rings. The van der Waals surface area contributed by atoms with Crippen LogP contribution in [-0.4, -0.2) is 16.2 Å². The van der Waals surface area contributed by atoms with Crippen molar-refractivity contribution in [1.82, 2.24) is 10.2 Å². The minimum atomic E-state index is 0.417. The Morgan fingerprint density at radius 2 is 2.40 bits per heavy atom. The molecule has 53 valence electrons. The van der Waals surface area contributed by atoms with Crippen LogP contribution in [0.25, 0.3) is 0 Å². The summed E-state index contributed by atoms with van der Waals surface area (Å²) in [7, 11) is 0. The molecule has 1 N–H and O–H groups in total. The van der Waals surface area contributed by atoms with Gasteiger partial charge in [0.25, 0.3) is 0 Å². The van der Waals surface area contributed by atoms with E-state index in [1.165, 1.54) is 0 Å². The average Bonchev–Trinajstić information content (AvgIpc) is 1.88. The predicted molar refractivity (Wildman–Crippen MR) is 39.6 cm³/mol. The van der Waals surface area contributed by atoms with Crippen LogP contribution < -0.4 is 5.32 Å². The number of nitrogens with zero attached hydrogens (tertiary/aromatic N) is 2. The molecule has 1 aromatic heterocycles. The van der Waals surface area contributed by atoms with Gasteiger partial charge in [-0.05, 0) is 19.9 Å². The first-order valence-corrected chi connectivity index (χ1v) is 3.25. The Hall–Kier alpha value is -1.12. The van der Waals surface area contributed by atoms with Crippen LogP contribution in [0.2, 0.25) is 0 Å². The van der Waals surface area contributed by atoms with E-state index in [0.29, 0.717) is 6.04 Å². The highest BCUT2D eigenvalue weighted by molar-refractivity contribution is 5.37. The van der Waals surface area contributed by atoms with Crippen LogP contribution in [0.1, 0.15) is 13.8 Å². The normalized spacial score (nSPS) is 9.90. The maximum atomic E-state index is 3.61. The Balaban J connectivity index is 2.59. The summed E-state index contributed by atoms with van der Waals surface area (Å²) in [6.45, 7) is 4.13. The lowest BCUT2D eigenvalue weighted by molar-refractivity contribution is 0.890. The Morgan fingerprint density at radius 3 is 2.90 bits per heavy atom. The van der Waals surface area contributed by atoms with E-state index in [4.69, 9.17) is 0 Å². The Bertz CT molecular complexity index is 183. The summed E-state index contributed by atoms with van der Waals surface area (Å²) >= 11 is 0. The van der Waals surface area contributed by atoms with Gasteiger partial charge in [-0.2, -0.15) is 5.10 Å². The number of aromatic nitrogens is 2. The van der Waals surface area contributed by atoms with E-state index in [1.807, 2.05) is 6.07 Å². The largest absolute Gasteiger partial charge is 0.381 e. The van der Waals surface area contributed by atoms with Crippen LogP contribution in [0.3, 0.4) is 0 Å². The van der Waals surface area contributed by atoms with Crippen molar-refractivity contribution >= 4 is 5.69 Å². The van der Waals surface area contributed by atoms with Crippen LogP contribution in [0.4, 0.5) is 5.69 Å². The van der Waals surface area contributed by atoms with Crippen molar-refractivity contribution < 1.29 is 0 Å². The second kappa shape index (κ2) is 3.15.